The molecule has 0 bridgehead atoms. The monoisotopic (exact) mass is 309 g/mol. The van der Waals surface area contributed by atoms with E-state index in [-0.39, 0.29) is 11.8 Å². The van der Waals surface area contributed by atoms with Crippen LogP contribution in [0.2, 0.25) is 0 Å². The Labute approximate surface area is 137 Å². The van der Waals surface area contributed by atoms with Crippen molar-refractivity contribution in [2.24, 2.45) is 5.92 Å². The Morgan fingerprint density at radius 3 is 2.70 bits per heavy atom. The first kappa shape index (κ1) is 15.5. The summed E-state index contributed by atoms with van der Waals surface area (Å²) in [6, 6.07) is 10.1. The largest absolute Gasteiger partial charge is 0.340 e. The number of pyridine rings is 1. The molecule has 1 aliphatic carbocycles. The van der Waals surface area contributed by atoms with Gasteiger partial charge in [-0.1, -0.05) is 31.5 Å². The molecule has 1 saturated carbocycles. The van der Waals surface area contributed by atoms with Crippen molar-refractivity contribution in [3.63, 3.8) is 0 Å². The van der Waals surface area contributed by atoms with E-state index >= 15 is 0 Å². The molecule has 0 radical (unpaired) electrons. The molecule has 4 nitrogen and oxygen atoms in total. The van der Waals surface area contributed by atoms with E-state index in [1.807, 2.05) is 12.1 Å². The molecule has 0 unspecified atom stereocenters. The highest BCUT2D eigenvalue weighted by molar-refractivity contribution is 5.92. The van der Waals surface area contributed by atoms with Crippen molar-refractivity contribution >= 4 is 23.1 Å². The van der Waals surface area contributed by atoms with Crippen LogP contribution in [-0.2, 0) is 11.2 Å². The molecular formula is C19H23N3O. The summed E-state index contributed by atoms with van der Waals surface area (Å²) in [6.07, 6.45) is 5.86. The van der Waals surface area contributed by atoms with Gasteiger partial charge < -0.3 is 10.6 Å². The zero-order valence-electron chi connectivity index (χ0n) is 13.7. The van der Waals surface area contributed by atoms with Crippen molar-refractivity contribution < 1.29 is 4.79 Å². The van der Waals surface area contributed by atoms with Crippen LogP contribution in [0.4, 0.5) is 17.2 Å². The fourth-order valence-corrected chi connectivity index (χ4v) is 2.79. The lowest BCUT2D eigenvalue weighted by molar-refractivity contribution is -0.122. The number of carbonyl (C=O) groups is 1. The van der Waals surface area contributed by atoms with Crippen molar-refractivity contribution in [3.05, 3.63) is 47.7 Å². The Hall–Kier alpha value is -2.36. The Bertz CT molecular complexity index is 690. The maximum atomic E-state index is 11.9. The van der Waals surface area contributed by atoms with Crippen LogP contribution in [0.3, 0.4) is 0 Å². The van der Waals surface area contributed by atoms with Crippen LogP contribution in [0.15, 0.2) is 36.5 Å². The minimum absolute atomic E-state index is 0.117. The topological polar surface area (TPSA) is 54.0 Å². The van der Waals surface area contributed by atoms with Crippen molar-refractivity contribution in [1.29, 1.82) is 0 Å². The Morgan fingerprint density at radius 2 is 2.09 bits per heavy atom. The number of rotatable bonds is 5. The molecule has 23 heavy (non-hydrogen) atoms. The fraction of sp³-hybridized carbons (Fsp3) is 0.368. The van der Waals surface area contributed by atoms with Gasteiger partial charge in [0, 0.05) is 11.6 Å². The van der Waals surface area contributed by atoms with E-state index in [9.17, 15) is 4.79 Å². The second-order valence-electron chi connectivity index (χ2n) is 6.14. The van der Waals surface area contributed by atoms with E-state index in [0.717, 1.165) is 42.9 Å². The van der Waals surface area contributed by atoms with Crippen LogP contribution in [0, 0.1) is 12.8 Å². The minimum Gasteiger partial charge on any atom is -0.340 e. The molecule has 1 amide bonds. The predicted molar refractivity (Wildman–Crippen MR) is 94.0 cm³/mol. The number of aromatic nitrogens is 1. The van der Waals surface area contributed by atoms with Gasteiger partial charge in [0.15, 0.2) is 0 Å². The van der Waals surface area contributed by atoms with Crippen LogP contribution in [-0.4, -0.2) is 10.9 Å². The van der Waals surface area contributed by atoms with Gasteiger partial charge in [-0.25, -0.2) is 4.98 Å². The van der Waals surface area contributed by atoms with Gasteiger partial charge in [-0.15, -0.1) is 0 Å². The normalized spacial score (nSPS) is 14.2. The zero-order chi connectivity index (χ0) is 16.2. The average Bonchev–Trinajstić information content (AvgIpc) is 2.49. The maximum absolute atomic E-state index is 11.9. The molecular weight excluding hydrogens is 286 g/mol. The first-order chi connectivity index (χ1) is 11.2. The molecule has 0 spiro atoms. The van der Waals surface area contributed by atoms with Crippen molar-refractivity contribution in [2.45, 2.75) is 39.5 Å². The quantitative estimate of drug-likeness (QED) is 0.859. The minimum atomic E-state index is 0.117. The van der Waals surface area contributed by atoms with Crippen molar-refractivity contribution in [1.82, 2.24) is 4.98 Å². The van der Waals surface area contributed by atoms with Gasteiger partial charge in [0.25, 0.3) is 0 Å². The van der Waals surface area contributed by atoms with Crippen LogP contribution in [0.5, 0.6) is 0 Å². The number of nitrogens with one attached hydrogen (secondary N) is 2. The third-order valence-electron chi connectivity index (χ3n) is 4.50. The number of hydrogen-bond acceptors (Lipinski definition) is 3. The van der Waals surface area contributed by atoms with Gasteiger partial charge in [0.1, 0.15) is 5.82 Å². The number of aryl methyl sites for hydroxylation is 2. The van der Waals surface area contributed by atoms with Crippen molar-refractivity contribution in [3.8, 4) is 0 Å². The number of carbonyl (C=O) groups excluding carboxylic acids is 1. The molecule has 2 N–H and O–H groups in total. The smallest absolute Gasteiger partial charge is 0.227 e. The Balaban J connectivity index is 1.69. The van der Waals surface area contributed by atoms with Gasteiger partial charge in [-0.05, 0) is 49.4 Å². The lowest BCUT2D eigenvalue weighted by atomic mass is 9.85. The van der Waals surface area contributed by atoms with E-state index in [1.54, 1.807) is 6.20 Å². The molecule has 1 aromatic carbocycles. The van der Waals surface area contributed by atoms with Crippen molar-refractivity contribution in [2.75, 3.05) is 10.6 Å². The summed E-state index contributed by atoms with van der Waals surface area (Å²) in [4.78, 5) is 16.4. The Morgan fingerprint density at radius 1 is 1.26 bits per heavy atom. The number of nitrogens with zero attached hydrogens (tertiary/aromatic N) is 1. The van der Waals surface area contributed by atoms with Gasteiger partial charge in [-0.2, -0.15) is 0 Å². The molecule has 1 aromatic heterocycles. The summed E-state index contributed by atoms with van der Waals surface area (Å²) in [6.45, 7) is 4.24. The van der Waals surface area contributed by atoms with E-state index < -0.39 is 0 Å². The fourth-order valence-electron chi connectivity index (χ4n) is 2.79. The molecule has 120 valence electrons. The van der Waals surface area contributed by atoms with E-state index in [4.69, 9.17) is 0 Å². The van der Waals surface area contributed by atoms with E-state index in [1.165, 1.54) is 11.1 Å². The van der Waals surface area contributed by atoms with Gasteiger partial charge in [0.05, 0.1) is 11.9 Å². The summed E-state index contributed by atoms with van der Waals surface area (Å²) in [5.74, 6) is 1.09. The Kier molecular flexibility index (Phi) is 4.60. The molecule has 0 saturated heterocycles. The van der Waals surface area contributed by atoms with Crippen LogP contribution in [0.1, 0.15) is 37.3 Å². The standard InChI is InChI=1S/C19H23N3O/c1-3-14-7-4-6-13(2)18(14)22-17-11-10-16(12-20-17)21-19(23)15-8-5-9-15/h4,6-7,10-12,15H,3,5,8-9H2,1-2H3,(H,20,22)(H,21,23). The first-order valence-electron chi connectivity index (χ1n) is 8.30. The highest BCUT2D eigenvalue weighted by Crippen LogP contribution is 2.28. The van der Waals surface area contributed by atoms with Crippen LogP contribution in [0.25, 0.3) is 0 Å². The summed E-state index contributed by atoms with van der Waals surface area (Å²) in [5.41, 5.74) is 4.35. The van der Waals surface area contributed by atoms with E-state index in [2.05, 4.69) is 47.7 Å². The number of benzene rings is 1. The van der Waals surface area contributed by atoms with Gasteiger partial charge in [0.2, 0.25) is 5.91 Å². The summed E-state index contributed by atoms with van der Waals surface area (Å²) in [5, 5.41) is 6.33. The van der Waals surface area contributed by atoms with Gasteiger partial charge >= 0.3 is 0 Å². The highest BCUT2D eigenvalue weighted by atomic mass is 16.1. The second kappa shape index (κ2) is 6.82. The maximum Gasteiger partial charge on any atom is 0.227 e. The molecule has 1 fully saturated rings. The SMILES string of the molecule is CCc1cccc(C)c1Nc1ccc(NC(=O)C2CCC2)cn1. The second-order valence-corrected chi connectivity index (χ2v) is 6.14. The predicted octanol–water partition coefficient (Wildman–Crippen LogP) is 4.43. The third-order valence-corrected chi connectivity index (χ3v) is 4.50. The van der Waals surface area contributed by atoms with Crippen LogP contribution >= 0.6 is 0 Å². The molecule has 1 heterocycles. The molecule has 1 aliphatic rings. The van der Waals surface area contributed by atoms with E-state index in [0.29, 0.717) is 0 Å². The molecule has 3 rings (SSSR count). The number of anilines is 3. The summed E-state index contributed by atoms with van der Waals surface area (Å²) in [7, 11) is 0. The molecule has 4 heteroatoms. The number of para-hydroxylation sites is 1. The summed E-state index contributed by atoms with van der Waals surface area (Å²) >= 11 is 0. The number of hydrogen-bond donors (Lipinski definition) is 2. The lowest BCUT2D eigenvalue weighted by Crippen LogP contribution is -2.28. The average molecular weight is 309 g/mol. The lowest BCUT2D eigenvalue weighted by Gasteiger charge is -2.24. The molecule has 2 aromatic rings. The first-order valence-corrected chi connectivity index (χ1v) is 8.30. The zero-order valence-corrected chi connectivity index (χ0v) is 13.7. The molecule has 0 atom stereocenters. The van der Waals surface area contributed by atoms with Gasteiger partial charge in [-0.3, -0.25) is 4.79 Å². The highest BCUT2D eigenvalue weighted by Gasteiger charge is 2.25. The third kappa shape index (κ3) is 3.52. The van der Waals surface area contributed by atoms with Crippen LogP contribution < -0.4 is 10.6 Å². The summed E-state index contributed by atoms with van der Waals surface area (Å²) < 4.78 is 0. The molecule has 0 aliphatic heterocycles. The number of amides is 1.